The van der Waals surface area contributed by atoms with E-state index in [4.69, 9.17) is 10.2 Å². The fourth-order valence-electron chi connectivity index (χ4n) is 0.874. The molecule has 0 fully saturated rings. The second-order valence-corrected chi connectivity index (χ2v) is 3.25. The van der Waals surface area contributed by atoms with Gasteiger partial charge in [0.1, 0.15) is 0 Å². The van der Waals surface area contributed by atoms with Crippen molar-refractivity contribution >= 4 is 0 Å². The van der Waals surface area contributed by atoms with Crippen LogP contribution in [-0.2, 0) is 0 Å². The Bertz CT molecular complexity index is 134. The molecular formula is C9H18O3. The van der Waals surface area contributed by atoms with Crippen molar-refractivity contribution in [3.63, 3.8) is 0 Å². The van der Waals surface area contributed by atoms with E-state index in [-0.39, 0.29) is 5.92 Å². The van der Waals surface area contributed by atoms with Crippen molar-refractivity contribution in [2.24, 2.45) is 5.92 Å². The summed E-state index contributed by atoms with van der Waals surface area (Å²) in [7, 11) is 0. The molecule has 0 aromatic heterocycles. The van der Waals surface area contributed by atoms with E-state index >= 15 is 0 Å². The monoisotopic (exact) mass is 174 g/mol. The van der Waals surface area contributed by atoms with Crippen molar-refractivity contribution in [1.29, 1.82) is 0 Å². The van der Waals surface area contributed by atoms with E-state index < -0.39 is 18.3 Å². The van der Waals surface area contributed by atoms with Crippen molar-refractivity contribution in [2.75, 3.05) is 0 Å². The summed E-state index contributed by atoms with van der Waals surface area (Å²) in [6.07, 6.45) is -0.514. The van der Waals surface area contributed by atoms with Gasteiger partial charge in [0.2, 0.25) is 0 Å². The van der Waals surface area contributed by atoms with E-state index in [1.807, 2.05) is 6.92 Å². The molecule has 4 atom stereocenters. The van der Waals surface area contributed by atoms with Crippen molar-refractivity contribution < 1.29 is 15.3 Å². The molecule has 1 unspecified atom stereocenters. The number of rotatable bonds is 5. The third-order valence-electron chi connectivity index (χ3n) is 2.07. The lowest BCUT2D eigenvalue weighted by molar-refractivity contribution is 0.0150. The summed E-state index contributed by atoms with van der Waals surface area (Å²) in [6.45, 7) is 6.85. The first kappa shape index (κ1) is 11.6. The molecule has 3 N–H and O–H groups in total. The minimum Gasteiger partial charge on any atom is -0.393 e. The molecule has 0 saturated heterocycles. The minimum absolute atomic E-state index is 0.0189. The quantitative estimate of drug-likeness (QED) is 0.525. The van der Waals surface area contributed by atoms with E-state index in [2.05, 4.69) is 6.58 Å². The number of hydrogen-bond acceptors (Lipinski definition) is 3. The van der Waals surface area contributed by atoms with Crippen LogP contribution < -0.4 is 0 Å². The summed E-state index contributed by atoms with van der Waals surface area (Å²) in [6, 6.07) is 0. The summed E-state index contributed by atoms with van der Waals surface area (Å²) >= 11 is 0. The molecule has 3 heteroatoms. The van der Waals surface area contributed by atoms with Crippen LogP contribution in [0.3, 0.4) is 0 Å². The zero-order valence-corrected chi connectivity index (χ0v) is 7.64. The molecule has 0 amide bonds. The first-order valence-corrected chi connectivity index (χ1v) is 4.15. The normalized spacial score (nSPS) is 21.1. The average molecular weight is 174 g/mol. The van der Waals surface area contributed by atoms with Gasteiger partial charge in [0, 0.05) is 0 Å². The topological polar surface area (TPSA) is 60.7 Å². The maximum absolute atomic E-state index is 9.30. The lowest BCUT2D eigenvalue weighted by atomic mass is 9.96. The Balaban J connectivity index is 3.82. The first-order valence-electron chi connectivity index (χ1n) is 4.15. The third kappa shape index (κ3) is 3.85. The zero-order chi connectivity index (χ0) is 9.72. The van der Waals surface area contributed by atoms with E-state index in [1.54, 1.807) is 6.92 Å². The zero-order valence-electron chi connectivity index (χ0n) is 7.64. The van der Waals surface area contributed by atoms with Gasteiger partial charge in [-0.1, -0.05) is 13.0 Å². The first-order chi connectivity index (χ1) is 5.49. The maximum atomic E-state index is 9.30. The standard InChI is InChI=1S/C9H18O3/c1-4-8(11)9(12)5-6(2)7(3)10/h4,6-12H,1,5H2,2-3H3/t6?,7-,8-,9+/m0/s1. The molecule has 0 saturated carbocycles. The number of aliphatic hydroxyl groups is 3. The van der Waals surface area contributed by atoms with Crippen molar-refractivity contribution in [3.05, 3.63) is 12.7 Å². The highest BCUT2D eigenvalue weighted by molar-refractivity contribution is 4.85. The summed E-state index contributed by atoms with van der Waals surface area (Å²) in [5.41, 5.74) is 0. The van der Waals surface area contributed by atoms with Gasteiger partial charge < -0.3 is 15.3 Å². The minimum atomic E-state index is -0.897. The highest BCUT2D eigenvalue weighted by Crippen LogP contribution is 2.13. The van der Waals surface area contributed by atoms with Crippen molar-refractivity contribution in [1.82, 2.24) is 0 Å². The second-order valence-electron chi connectivity index (χ2n) is 3.25. The number of aliphatic hydroxyl groups excluding tert-OH is 3. The van der Waals surface area contributed by atoms with Crippen LogP contribution in [0.1, 0.15) is 20.3 Å². The Morgan fingerprint density at radius 2 is 1.75 bits per heavy atom. The Labute approximate surface area is 73.4 Å². The summed E-state index contributed by atoms with van der Waals surface area (Å²) in [5.74, 6) is -0.0189. The van der Waals surface area contributed by atoms with Crippen LogP contribution in [0.5, 0.6) is 0 Å². The Kier molecular flexibility index (Phi) is 5.13. The van der Waals surface area contributed by atoms with E-state index in [9.17, 15) is 5.11 Å². The smallest absolute Gasteiger partial charge is 0.0977 e. The van der Waals surface area contributed by atoms with E-state index in [0.717, 1.165) is 0 Å². The summed E-state index contributed by atoms with van der Waals surface area (Å²) in [5, 5.41) is 27.5. The Hall–Kier alpha value is -0.380. The van der Waals surface area contributed by atoms with Crippen LogP contribution >= 0.6 is 0 Å². The molecule has 0 heterocycles. The third-order valence-corrected chi connectivity index (χ3v) is 2.07. The molecule has 0 aromatic carbocycles. The molecule has 0 radical (unpaired) electrons. The van der Waals surface area contributed by atoms with Gasteiger partial charge in [-0.15, -0.1) is 6.58 Å². The predicted octanol–water partition coefficient (Wildman–Crippen LogP) is 0.301. The fourth-order valence-corrected chi connectivity index (χ4v) is 0.874. The Morgan fingerprint density at radius 3 is 2.08 bits per heavy atom. The van der Waals surface area contributed by atoms with E-state index in [1.165, 1.54) is 6.08 Å². The van der Waals surface area contributed by atoms with Crippen LogP contribution in [-0.4, -0.2) is 33.6 Å². The van der Waals surface area contributed by atoms with Crippen molar-refractivity contribution in [2.45, 2.75) is 38.6 Å². The summed E-state index contributed by atoms with van der Waals surface area (Å²) in [4.78, 5) is 0. The molecule has 0 aliphatic rings. The van der Waals surface area contributed by atoms with Crippen molar-refractivity contribution in [3.8, 4) is 0 Å². The van der Waals surface area contributed by atoms with Gasteiger partial charge >= 0.3 is 0 Å². The van der Waals surface area contributed by atoms with Gasteiger partial charge in [0.15, 0.2) is 0 Å². The molecule has 12 heavy (non-hydrogen) atoms. The van der Waals surface area contributed by atoms with Crippen LogP contribution in [0.25, 0.3) is 0 Å². The fraction of sp³-hybridized carbons (Fsp3) is 0.778. The van der Waals surface area contributed by atoms with Crippen LogP contribution in [0, 0.1) is 5.92 Å². The van der Waals surface area contributed by atoms with E-state index in [0.29, 0.717) is 6.42 Å². The second kappa shape index (κ2) is 5.30. The van der Waals surface area contributed by atoms with Gasteiger partial charge in [0.05, 0.1) is 18.3 Å². The molecule has 72 valence electrons. The van der Waals surface area contributed by atoms with Crippen LogP contribution in [0.4, 0.5) is 0 Å². The van der Waals surface area contributed by atoms with Crippen LogP contribution in [0.2, 0.25) is 0 Å². The van der Waals surface area contributed by atoms with Gasteiger partial charge in [-0.3, -0.25) is 0 Å². The molecule has 0 bridgehead atoms. The Morgan fingerprint density at radius 1 is 1.25 bits per heavy atom. The lowest BCUT2D eigenvalue weighted by Gasteiger charge is -2.20. The largest absolute Gasteiger partial charge is 0.393 e. The maximum Gasteiger partial charge on any atom is 0.0977 e. The molecule has 0 aromatic rings. The molecule has 0 aliphatic heterocycles. The van der Waals surface area contributed by atoms with Crippen LogP contribution in [0.15, 0.2) is 12.7 Å². The molecule has 0 aliphatic carbocycles. The highest BCUT2D eigenvalue weighted by atomic mass is 16.3. The highest BCUT2D eigenvalue weighted by Gasteiger charge is 2.18. The van der Waals surface area contributed by atoms with Gasteiger partial charge in [-0.05, 0) is 19.3 Å². The molecule has 3 nitrogen and oxygen atoms in total. The summed E-state index contributed by atoms with van der Waals surface area (Å²) < 4.78 is 0. The predicted molar refractivity (Wildman–Crippen MR) is 47.7 cm³/mol. The SMILES string of the molecule is C=C[C@H](O)[C@H](O)CC(C)[C@H](C)O. The van der Waals surface area contributed by atoms with Gasteiger partial charge in [-0.25, -0.2) is 0 Å². The average Bonchev–Trinajstić information content (AvgIpc) is 2.02. The van der Waals surface area contributed by atoms with Gasteiger partial charge in [-0.2, -0.15) is 0 Å². The molecule has 0 spiro atoms. The van der Waals surface area contributed by atoms with Gasteiger partial charge in [0.25, 0.3) is 0 Å². The lowest BCUT2D eigenvalue weighted by Crippen LogP contribution is -2.28. The number of hydrogen-bond donors (Lipinski definition) is 3. The molecular weight excluding hydrogens is 156 g/mol. The molecule has 0 rings (SSSR count).